The first-order valence-electron chi connectivity index (χ1n) is 6.65. The van der Waals surface area contributed by atoms with Gasteiger partial charge in [-0.2, -0.15) is 0 Å². The molecule has 21 heavy (non-hydrogen) atoms. The van der Waals surface area contributed by atoms with E-state index in [4.69, 9.17) is 9.47 Å². The summed E-state index contributed by atoms with van der Waals surface area (Å²) in [6.07, 6.45) is 0. The molecule has 4 nitrogen and oxygen atoms in total. The first kappa shape index (κ1) is 17.7. The highest BCUT2D eigenvalue weighted by atomic mass is 79.9. The maximum atomic E-state index is 12.1. The minimum Gasteiger partial charge on any atom is -0.456 e. The summed E-state index contributed by atoms with van der Waals surface area (Å²) >= 11 is 3.30. The van der Waals surface area contributed by atoms with Crippen LogP contribution in [0, 0.1) is 0 Å². The van der Waals surface area contributed by atoms with Gasteiger partial charge in [0.2, 0.25) is 0 Å². The van der Waals surface area contributed by atoms with E-state index in [0.29, 0.717) is 15.6 Å². The predicted molar refractivity (Wildman–Crippen MR) is 84.5 cm³/mol. The van der Waals surface area contributed by atoms with E-state index in [9.17, 15) is 9.59 Å². The van der Waals surface area contributed by atoms with Gasteiger partial charge in [-0.1, -0.05) is 0 Å². The summed E-state index contributed by atoms with van der Waals surface area (Å²) in [5.74, 6) is -0.959. The highest BCUT2D eigenvalue weighted by Gasteiger charge is 2.23. The monoisotopic (exact) mass is 356 g/mol. The molecule has 0 aliphatic rings. The molecule has 0 aromatic heterocycles. The number of esters is 2. The molecule has 0 unspecified atom stereocenters. The lowest BCUT2D eigenvalue weighted by molar-refractivity contribution is 0.00671. The molecular weight excluding hydrogens is 336 g/mol. The average molecular weight is 357 g/mol. The van der Waals surface area contributed by atoms with Crippen LogP contribution >= 0.6 is 15.9 Å². The number of hydrogen-bond acceptors (Lipinski definition) is 4. The first-order valence-corrected chi connectivity index (χ1v) is 7.44. The zero-order chi connectivity index (χ0) is 16.4. The molecule has 1 aromatic rings. The summed E-state index contributed by atoms with van der Waals surface area (Å²) < 4.78 is 11.2. The van der Waals surface area contributed by atoms with E-state index >= 15 is 0 Å². The van der Waals surface area contributed by atoms with Crippen molar-refractivity contribution in [1.82, 2.24) is 0 Å². The van der Waals surface area contributed by atoms with Crippen LogP contribution in [0.5, 0.6) is 0 Å². The number of carbonyl (C=O) groups excluding carboxylic acids is 2. The topological polar surface area (TPSA) is 52.6 Å². The highest BCUT2D eigenvalue weighted by Crippen LogP contribution is 2.23. The molecule has 0 saturated heterocycles. The number of benzene rings is 1. The third-order valence-corrected chi connectivity index (χ3v) is 2.91. The summed E-state index contributed by atoms with van der Waals surface area (Å²) in [6.45, 7) is 10.7. The van der Waals surface area contributed by atoms with Crippen LogP contribution in [-0.2, 0) is 9.47 Å². The van der Waals surface area contributed by atoms with Crippen molar-refractivity contribution >= 4 is 27.9 Å². The Morgan fingerprint density at radius 1 is 0.905 bits per heavy atom. The maximum Gasteiger partial charge on any atom is 0.339 e. The fraction of sp³-hybridized carbons (Fsp3) is 0.500. The van der Waals surface area contributed by atoms with E-state index in [1.54, 1.807) is 53.7 Å². The van der Waals surface area contributed by atoms with Gasteiger partial charge >= 0.3 is 11.9 Å². The molecule has 116 valence electrons. The summed E-state index contributed by atoms with van der Waals surface area (Å²) in [7, 11) is 0. The van der Waals surface area contributed by atoms with E-state index in [0.717, 1.165) is 0 Å². The Bertz CT molecular complexity index is 550. The first-order chi connectivity index (χ1) is 9.39. The molecule has 1 aromatic carbocycles. The average Bonchev–Trinajstić information content (AvgIpc) is 2.24. The van der Waals surface area contributed by atoms with E-state index < -0.39 is 23.1 Å². The molecule has 5 heteroatoms. The zero-order valence-electron chi connectivity index (χ0n) is 13.2. The Morgan fingerprint density at radius 2 is 1.38 bits per heavy atom. The quantitative estimate of drug-likeness (QED) is 0.738. The van der Waals surface area contributed by atoms with Gasteiger partial charge in [-0.15, -0.1) is 0 Å². The van der Waals surface area contributed by atoms with Crippen LogP contribution in [0.1, 0.15) is 62.3 Å². The zero-order valence-corrected chi connectivity index (χ0v) is 14.8. The largest absolute Gasteiger partial charge is 0.456 e. The second-order valence-corrected chi connectivity index (χ2v) is 7.55. The number of rotatable bonds is 2. The molecule has 0 spiro atoms. The second kappa shape index (κ2) is 6.18. The van der Waals surface area contributed by atoms with Crippen molar-refractivity contribution in [3.05, 3.63) is 33.8 Å². The fourth-order valence-corrected chi connectivity index (χ4v) is 1.89. The van der Waals surface area contributed by atoms with Crippen LogP contribution in [-0.4, -0.2) is 23.1 Å². The molecule has 0 aliphatic carbocycles. The number of hydrogen-bond donors (Lipinski definition) is 0. The van der Waals surface area contributed by atoms with Crippen LogP contribution in [0.4, 0.5) is 0 Å². The van der Waals surface area contributed by atoms with Crippen molar-refractivity contribution in [2.45, 2.75) is 52.7 Å². The number of ether oxygens (including phenoxy) is 2. The molecule has 0 heterocycles. The van der Waals surface area contributed by atoms with Crippen molar-refractivity contribution < 1.29 is 19.1 Å². The van der Waals surface area contributed by atoms with Crippen LogP contribution in [0.15, 0.2) is 22.7 Å². The Balaban J connectivity index is 3.05. The Morgan fingerprint density at radius 3 is 1.86 bits per heavy atom. The Hall–Kier alpha value is -1.36. The maximum absolute atomic E-state index is 12.1. The lowest BCUT2D eigenvalue weighted by Gasteiger charge is -2.21. The van der Waals surface area contributed by atoms with Crippen molar-refractivity contribution in [3.8, 4) is 0 Å². The molecule has 1 rings (SSSR count). The van der Waals surface area contributed by atoms with Crippen LogP contribution in [0.25, 0.3) is 0 Å². The summed E-state index contributed by atoms with van der Waals surface area (Å²) in [5, 5.41) is 0. The predicted octanol–water partition coefficient (Wildman–Crippen LogP) is 4.36. The minimum atomic E-state index is -0.599. The van der Waals surface area contributed by atoms with Gasteiger partial charge in [0, 0.05) is 4.47 Å². The van der Waals surface area contributed by atoms with Gasteiger partial charge in [-0.3, -0.25) is 0 Å². The normalized spacial score (nSPS) is 12.0. The summed E-state index contributed by atoms with van der Waals surface area (Å²) in [4.78, 5) is 24.2. The van der Waals surface area contributed by atoms with Gasteiger partial charge in [-0.25, -0.2) is 9.59 Å². The molecule has 0 aliphatic heterocycles. The Labute approximate surface area is 133 Å². The SMILES string of the molecule is CC(C)(C)OC(=O)c1ccc(Br)c(C(=O)OC(C)(C)C)c1. The Kier molecular flexibility index (Phi) is 5.20. The molecule has 0 bridgehead atoms. The van der Waals surface area contributed by atoms with Gasteiger partial charge in [0.05, 0.1) is 11.1 Å². The van der Waals surface area contributed by atoms with Crippen molar-refractivity contribution in [3.63, 3.8) is 0 Å². The van der Waals surface area contributed by atoms with E-state index in [-0.39, 0.29) is 0 Å². The molecule has 0 saturated carbocycles. The van der Waals surface area contributed by atoms with Gasteiger partial charge in [0.1, 0.15) is 11.2 Å². The molecule has 0 atom stereocenters. The van der Waals surface area contributed by atoms with E-state index in [1.807, 2.05) is 0 Å². The molecule has 0 N–H and O–H groups in total. The van der Waals surface area contributed by atoms with Crippen LogP contribution < -0.4 is 0 Å². The highest BCUT2D eigenvalue weighted by molar-refractivity contribution is 9.10. The standard InChI is InChI=1S/C16H21BrO4/c1-15(2,3)20-13(18)10-7-8-12(17)11(9-10)14(19)21-16(4,5)6/h7-9H,1-6H3. The van der Waals surface area contributed by atoms with Crippen LogP contribution in [0.2, 0.25) is 0 Å². The van der Waals surface area contributed by atoms with E-state index in [1.165, 1.54) is 6.07 Å². The molecular formula is C16H21BrO4. The van der Waals surface area contributed by atoms with Gasteiger partial charge < -0.3 is 9.47 Å². The third-order valence-electron chi connectivity index (χ3n) is 2.22. The van der Waals surface area contributed by atoms with Crippen molar-refractivity contribution in [1.29, 1.82) is 0 Å². The van der Waals surface area contributed by atoms with E-state index in [2.05, 4.69) is 15.9 Å². The molecule has 0 amide bonds. The second-order valence-electron chi connectivity index (χ2n) is 6.70. The van der Waals surface area contributed by atoms with Gasteiger partial charge in [0.15, 0.2) is 0 Å². The fourth-order valence-electron chi connectivity index (χ4n) is 1.48. The van der Waals surface area contributed by atoms with Crippen molar-refractivity contribution in [2.75, 3.05) is 0 Å². The third kappa shape index (κ3) is 5.87. The number of carbonyl (C=O) groups is 2. The van der Waals surface area contributed by atoms with Crippen LogP contribution in [0.3, 0.4) is 0 Å². The van der Waals surface area contributed by atoms with Gasteiger partial charge in [-0.05, 0) is 75.7 Å². The lowest BCUT2D eigenvalue weighted by Crippen LogP contribution is -2.25. The lowest BCUT2D eigenvalue weighted by atomic mass is 10.1. The van der Waals surface area contributed by atoms with Gasteiger partial charge in [0.25, 0.3) is 0 Å². The van der Waals surface area contributed by atoms with Crippen molar-refractivity contribution in [2.24, 2.45) is 0 Å². The molecule has 0 fully saturated rings. The summed E-state index contributed by atoms with van der Waals surface area (Å²) in [5.41, 5.74) is -0.573. The number of halogens is 1. The minimum absolute atomic E-state index is 0.299. The molecule has 0 radical (unpaired) electrons. The smallest absolute Gasteiger partial charge is 0.339 e. The summed E-state index contributed by atoms with van der Waals surface area (Å²) in [6, 6.07) is 4.72.